The van der Waals surface area contributed by atoms with Gasteiger partial charge >= 0.3 is 0 Å². The van der Waals surface area contributed by atoms with Crippen LogP contribution in [0.1, 0.15) is 29.4 Å². The second-order valence-corrected chi connectivity index (χ2v) is 5.88. The Hall–Kier alpha value is -2.78. The molecule has 0 spiro atoms. The molecule has 1 amide bonds. The molecule has 0 bridgehead atoms. The van der Waals surface area contributed by atoms with E-state index in [2.05, 4.69) is 30.8 Å². The second kappa shape index (κ2) is 8.07. The third-order valence-corrected chi connectivity index (χ3v) is 4.15. The fourth-order valence-corrected chi connectivity index (χ4v) is 2.84. The molecule has 1 atom stereocenters. The van der Waals surface area contributed by atoms with Crippen LogP contribution >= 0.6 is 12.4 Å². The number of rotatable bonds is 4. The Morgan fingerprint density at radius 3 is 2.92 bits per heavy atom. The summed E-state index contributed by atoms with van der Waals surface area (Å²) in [6.07, 6.45) is 8.64. The maximum Gasteiger partial charge on any atom is 0.276 e. The van der Waals surface area contributed by atoms with E-state index in [4.69, 9.17) is 0 Å². The minimum Gasteiger partial charge on any atom is -0.319 e. The Kier molecular flexibility index (Phi) is 5.59. The van der Waals surface area contributed by atoms with E-state index in [0.717, 1.165) is 25.9 Å². The number of nitrogens with one attached hydrogen (secondary N) is 2. The molecule has 0 radical (unpaired) electrons. The second-order valence-electron chi connectivity index (χ2n) is 5.88. The quantitative estimate of drug-likeness (QED) is 0.716. The highest BCUT2D eigenvalue weighted by molar-refractivity contribution is 6.02. The van der Waals surface area contributed by atoms with Crippen molar-refractivity contribution in [3.63, 3.8) is 0 Å². The Morgan fingerprint density at radius 2 is 2.23 bits per heavy atom. The number of hydrogen-bond acceptors (Lipinski definition) is 6. The average Bonchev–Trinajstić information content (AvgIpc) is 3.35. The molecule has 3 aromatic rings. The van der Waals surface area contributed by atoms with Crippen LogP contribution in [0.4, 0.5) is 5.69 Å². The van der Waals surface area contributed by atoms with E-state index in [-0.39, 0.29) is 18.3 Å². The first-order chi connectivity index (χ1) is 12.3. The van der Waals surface area contributed by atoms with Crippen LogP contribution in [0, 0.1) is 0 Å². The fraction of sp³-hybridized carbons (Fsp3) is 0.312. The molecule has 1 aliphatic heterocycles. The minimum absolute atomic E-state index is 0. The molecule has 0 aliphatic carbocycles. The molecule has 1 saturated heterocycles. The molecule has 1 fully saturated rings. The van der Waals surface area contributed by atoms with Crippen LogP contribution in [0.25, 0.3) is 5.82 Å². The molecule has 136 valence electrons. The molecule has 4 heterocycles. The lowest BCUT2D eigenvalue weighted by molar-refractivity contribution is 0.102. The molecule has 9 nitrogen and oxygen atoms in total. The smallest absolute Gasteiger partial charge is 0.276 e. The third kappa shape index (κ3) is 3.89. The third-order valence-electron chi connectivity index (χ3n) is 4.15. The molecule has 1 unspecified atom stereocenters. The van der Waals surface area contributed by atoms with Gasteiger partial charge in [-0.05, 0) is 37.6 Å². The monoisotopic (exact) mass is 374 g/mol. The maximum absolute atomic E-state index is 12.4. The Balaban J connectivity index is 0.00000196. The van der Waals surface area contributed by atoms with Crippen molar-refractivity contribution in [1.29, 1.82) is 0 Å². The van der Waals surface area contributed by atoms with Gasteiger partial charge in [-0.2, -0.15) is 10.2 Å². The van der Waals surface area contributed by atoms with Crippen LogP contribution in [-0.2, 0) is 0 Å². The van der Waals surface area contributed by atoms with Crippen molar-refractivity contribution in [3.8, 4) is 5.82 Å². The first kappa shape index (κ1) is 18.0. The number of nitrogens with zero attached hydrogens (tertiary/aromatic N) is 6. The van der Waals surface area contributed by atoms with Gasteiger partial charge in [-0.3, -0.25) is 9.48 Å². The lowest BCUT2D eigenvalue weighted by atomic mass is 10.1. The summed E-state index contributed by atoms with van der Waals surface area (Å²) in [7, 11) is 0. The van der Waals surface area contributed by atoms with E-state index in [0.29, 0.717) is 23.2 Å². The molecule has 0 saturated carbocycles. The van der Waals surface area contributed by atoms with Gasteiger partial charge in [-0.25, -0.2) is 14.6 Å². The average molecular weight is 375 g/mol. The highest BCUT2D eigenvalue weighted by Crippen LogP contribution is 2.16. The summed E-state index contributed by atoms with van der Waals surface area (Å²) in [5.74, 6) is 0.377. The fourth-order valence-electron chi connectivity index (χ4n) is 2.84. The highest BCUT2D eigenvalue weighted by atomic mass is 35.5. The normalized spacial score (nSPS) is 16.7. The maximum atomic E-state index is 12.4. The first-order valence-electron chi connectivity index (χ1n) is 8.18. The van der Waals surface area contributed by atoms with E-state index in [1.807, 2.05) is 10.9 Å². The number of anilines is 1. The molecular formula is C16H19ClN8O. The Labute approximate surface area is 156 Å². The number of piperidine rings is 1. The Bertz CT molecular complexity index is 840. The van der Waals surface area contributed by atoms with Gasteiger partial charge in [0, 0.05) is 12.7 Å². The first-order valence-corrected chi connectivity index (χ1v) is 8.18. The summed E-state index contributed by atoms with van der Waals surface area (Å²) < 4.78 is 3.42. The molecule has 0 aromatic carbocycles. The number of carbonyl (C=O) groups is 1. The summed E-state index contributed by atoms with van der Waals surface area (Å²) >= 11 is 0. The lowest BCUT2D eigenvalue weighted by Gasteiger charge is -2.22. The van der Waals surface area contributed by atoms with E-state index >= 15 is 0 Å². The van der Waals surface area contributed by atoms with Crippen molar-refractivity contribution < 1.29 is 4.79 Å². The van der Waals surface area contributed by atoms with Crippen LogP contribution in [0.15, 0.2) is 43.2 Å². The predicted octanol–water partition coefficient (Wildman–Crippen LogP) is 1.46. The summed E-state index contributed by atoms with van der Waals surface area (Å²) in [5, 5.41) is 14.6. The van der Waals surface area contributed by atoms with Crippen molar-refractivity contribution in [1.82, 2.24) is 34.8 Å². The van der Waals surface area contributed by atoms with Crippen molar-refractivity contribution in [2.75, 3.05) is 18.4 Å². The summed E-state index contributed by atoms with van der Waals surface area (Å²) in [6, 6.07) is 5.57. The lowest BCUT2D eigenvalue weighted by Crippen LogP contribution is -2.32. The molecule has 1 aliphatic rings. The highest BCUT2D eigenvalue weighted by Gasteiger charge is 2.17. The van der Waals surface area contributed by atoms with Gasteiger partial charge in [0.2, 0.25) is 0 Å². The summed E-state index contributed by atoms with van der Waals surface area (Å²) in [4.78, 5) is 20.5. The largest absolute Gasteiger partial charge is 0.319 e. The van der Waals surface area contributed by atoms with E-state index in [1.165, 1.54) is 6.33 Å². The topological polar surface area (TPSA) is 103 Å². The van der Waals surface area contributed by atoms with E-state index in [9.17, 15) is 4.79 Å². The standard InChI is InChI=1S/C16H18N8O.ClH/c25-16(14-5-7-23(22-14)13-2-1-6-17-9-13)21-12-3-4-15(19-8-12)24-11-18-10-20-24;/h3-5,7-8,10-11,13,17H,1-2,6,9H2,(H,21,25);1H. The van der Waals surface area contributed by atoms with Crippen molar-refractivity contribution >= 4 is 24.0 Å². The number of hydrogen-bond donors (Lipinski definition) is 2. The van der Waals surface area contributed by atoms with Gasteiger partial charge in [0.1, 0.15) is 12.7 Å². The van der Waals surface area contributed by atoms with Gasteiger partial charge in [0.15, 0.2) is 11.5 Å². The number of amides is 1. The van der Waals surface area contributed by atoms with Gasteiger partial charge in [0.05, 0.1) is 17.9 Å². The zero-order chi connectivity index (χ0) is 17.1. The van der Waals surface area contributed by atoms with Crippen LogP contribution in [0.3, 0.4) is 0 Å². The molecule has 4 rings (SSSR count). The van der Waals surface area contributed by atoms with Crippen LogP contribution in [0.2, 0.25) is 0 Å². The zero-order valence-electron chi connectivity index (χ0n) is 13.9. The molecule has 26 heavy (non-hydrogen) atoms. The van der Waals surface area contributed by atoms with E-state index < -0.39 is 0 Å². The molecular weight excluding hydrogens is 356 g/mol. The Morgan fingerprint density at radius 1 is 1.31 bits per heavy atom. The molecule has 3 aromatic heterocycles. The van der Waals surface area contributed by atoms with Gasteiger partial charge in [-0.1, -0.05) is 0 Å². The summed E-state index contributed by atoms with van der Waals surface area (Å²) in [6.45, 7) is 1.93. The van der Waals surface area contributed by atoms with Gasteiger partial charge < -0.3 is 10.6 Å². The van der Waals surface area contributed by atoms with Gasteiger partial charge in [-0.15, -0.1) is 12.4 Å². The molecule has 10 heteroatoms. The number of pyridine rings is 1. The van der Waals surface area contributed by atoms with Crippen LogP contribution in [0.5, 0.6) is 0 Å². The van der Waals surface area contributed by atoms with E-state index in [1.54, 1.807) is 35.4 Å². The van der Waals surface area contributed by atoms with Crippen molar-refractivity contribution in [2.24, 2.45) is 0 Å². The summed E-state index contributed by atoms with van der Waals surface area (Å²) in [5.41, 5.74) is 0.994. The van der Waals surface area contributed by atoms with Crippen LogP contribution in [-0.4, -0.2) is 48.5 Å². The zero-order valence-corrected chi connectivity index (χ0v) is 14.8. The van der Waals surface area contributed by atoms with Gasteiger partial charge in [0.25, 0.3) is 5.91 Å². The van der Waals surface area contributed by atoms with Crippen molar-refractivity contribution in [3.05, 3.63) is 48.9 Å². The SMILES string of the molecule is Cl.O=C(Nc1ccc(-n2cncn2)nc1)c1ccn(C2CCCNC2)n1. The van der Waals surface area contributed by atoms with Crippen molar-refractivity contribution in [2.45, 2.75) is 18.9 Å². The number of carbonyl (C=O) groups excluding carboxylic acids is 1. The molecule has 2 N–H and O–H groups in total. The minimum atomic E-state index is -0.252. The predicted molar refractivity (Wildman–Crippen MR) is 97.7 cm³/mol. The number of halogens is 1. The number of aromatic nitrogens is 6. The van der Waals surface area contributed by atoms with Crippen LogP contribution < -0.4 is 10.6 Å².